The summed E-state index contributed by atoms with van der Waals surface area (Å²) in [5.41, 5.74) is 3.72. The van der Waals surface area contributed by atoms with Crippen molar-refractivity contribution in [2.24, 2.45) is 0 Å². The predicted molar refractivity (Wildman–Crippen MR) is 74.0 cm³/mol. The fourth-order valence-electron chi connectivity index (χ4n) is 2.07. The van der Waals surface area contributed by atoms with Gasteiger partial charge in [0.25, 0.3) is 0 Å². The van der Waals surface area contributed by atoms with Crippen LogP contribution in [0.15, 0.2) is 42.9 Å². The molecule has 3 aromatic rings. The van der Waals surface area contributed by atoms with Crippen LogP contribution < -0.4 is 0 Å². The molecule has 0 fully saturated rings. The van der Waals surface area contributed by atoms with Crippen LogP contribution >= 0.6 is 11.6 Å². The maximum Gasteiger partial charge on any atom is 0.156 e. The third kappa shape index (κ3) is 2.32. The van der Waals surface area contributed by atoms with E-state index in [9.17, 15) is 0 Å². The van der Waals surface area contributed by atoms with Crippen LogP contribution in [0.4, 0.5) is 0 Å². The lowest BCUT2D eigenvalue weighted by Gasteiger charge is -2.07. The van der Waals surface area contributed by atoms with Crippen LogP contribution in [0.1, 0.15) is 11.1 Å². The Labute approximate surface area is 115 Å². The summed E-state index contributed by atoms with van der Waals surface area (Å²) >= 11 is 6.11. The molecule has 0 aliphatic rings. The van der Waals surface area contributed by atoms with E-state index in [4.69, 9.17) is 16.7 Å². The summed E-state index contributed by atoms with van der Waals surface area (Å²) in [5.74, 6) is 0. The van der Waals surface area contributed by atoms with E-state index in [0.717, 1.165) is 22.2 Å². The monoisotopic (exact) mass is 273 g/mol. The molecular formula is C14H12ClN3O. The van der Waals surface area contributed by atoms with E-state index < -0.39 is 0 Å². The van der Waals surface area contributed by atoms with Gasteiger partial charge in [-0.15, -0.1) is 0 Å². The number of rotatable bonds is 3. The zero-order valence-corrected chi connectivity index (χ0v) is 10.9. The highest BCUT2D eigenvalue weighted by molar-refractivity contribution is 6.33. The minimum Gasteiger partial charge on any atom is -0.392 e. The molecule has 0 bridgehead atoms. The number of benzene rings is 1. The third-order valence-corrected chi connectivity index (χ3v) is 3.34. The minimum atomic E-state index is 0.0619. The summed E-state index contributed by atoms with van der Waals surface area (Å²) in [6.45, 7) is 0.759. The van der Waals surface area contributed by atoms with Crippen molar-refractivity contribution in [3.05, 3.63) is 59.1 Å². The molecule has 0 aliphatic carbocycles. The number of halogens is 1. The summed E-state index contributed by atoms with van der Waals surface area (Å²) < 4.78 is 2.02. The molecule has 4 nitrogen and oxygen atoms in total. The first-order valence-electron chi connectivity index (χ1n) is 5.92. The van der Waals surface area contributed by atoms with Crippen molar-refractivity contribution < 1.29 is 5.11 Å². The molecule has 0 unspecified atom stereocenters. The average Bonchev–Trinajstić information content (AvgIpc) is 2.84. The zero-order chi connectivity index (χ0) is 13.2. The number of hydrogen-bond donors (Lipinski definition) is 1. The van der Waals surface area contributed by atoms with Crippen LogP contribution in [0.25, 0.3) is 11.0 Å². The lowest BCUT2D eigenvalue weighted by atomic mass is 10.1. The highest BCUT2D eigenvalue weighted by atomic mass is 35.5. The Morgan fingerprint density at radius 3 is 2.53 bits per heavy atom. The van der Waals surface area contributed by atoms with Crippen LogP contribution in [-0.2, 0) is 13.2 Å². The molecule has 96 valence electrons. The molecular weight excluding hydrogens is 262 g/mol. The Balaban J connectivity index is 1.96. The van der Waals surface area contributed by atoms with Gasteiger partial charge in [0.05, 0.1) is 12.1 Å². The van der Waals surface area contributed by atoms with Gasteiger partial charge in [0.15, 0.2) is 5.15 Å². The molecule has 19 heavy (non-hydrogen) atoms. The number of hydrogen-bond acceptors (Lipinski definition) is 3. The Kier molecular flexibility index (Phi) is 3.19. The second-order valence-corrected chi connectivity index (χ2v) is 4.67. The van der Waals surface area contributed by atoms with Gasteiger partial charge in [-0.25, -0.2) is 9.97 Å². The molecule has 5 heteroatoms. The fraction of sp³-hybridized carbons (Fsp3) is 0.143. The van der Waals surface area contributed by atoms with E-state index in [1.807, 2.05) is 41.1 Å². The van der Waals surface area contributed by atoms with Gasteiger partial charge < -0.3 is 9.67 Å². The smallest absolute Gasteiger partial charge is 0.156 e. The topological polar surface area (TPSA) is 50.9 Å². The van der Waals surface area contributed by atoms with E-state index >= 15 is 0 Å². The Morgan fingerprint density at radius 2 is 1.79 bits per heavy atom. The molecule has 3 rings (SSSR count). The first kappa shape index (κ1) is 12.1. The largest absolute Gasteiger partial charge is 0.392 e. The molecule has 0 amide bonds. The number of aromatic nitrogens is 3. The fourth-order valence-corrected chi connectivity index (χ4v) is 2.32. The van der Waals surface area contributed by atoms with Crippen molar-refractivity contribution in [1.29, 1.82) is 0 Å². The van der Waals surface area contributed by atoms with Crippen molar-refractivity contribution in [1.82, 2.24) is 14.5 Å². The summed E-state index contributed by atoms with van der Waals surface area (Å²) in [6, 6.07) is 9.74. The van der Waals surface area contributed by atoms with Crippen molar-refractivity contribution in [2.75, 3.05) is 0 Å². The van der Waals surface area contributed by atoms with E-state index in [0.29, 0.717) is 11.7 Å². The van der Waals surface area contributed by atoms with Crippen molar-refractivity contribution in [2.45, 2.75) is 13.2 Å². The van der Waals surface area contributed by atoms with Crippen molar-refractivity contribution in [3.63, 3.8) is 0 Å². The van der Waals surface area contributed by atoms with E-state index in [1.54, 1.807) is 0 Å². The molecule has 1 N–H and O–H groups in total. The maximum absolute atomic E-state index is 9.02. The normalized spacial score (nSPS) is 11.1. The van der Waals surface area contributed by atoms with Gasteiger partial charge >= 0.3 is 0 Å². The van der Waals surface area contributed by atoms with Crippen molar-refractivity contribution >= 4 is 22.6 Å². The molecule has 0 radical (unpaired) electrons. The van der Waals surface area contributed by atoms with Crippen LogP contribution in [0.2, 0.25) is 5.15 Å². The summed E-state index contributed by atoms with van der Waals surface area (Å²) in [4.78, 5) is 8.19. The lowest BCUT2D eigenvalue weighted by Crippen LogP contribution is -1.99. The molecule has 2 heterocycles. The van der Waals surface area contributed by atoms with E-state index in [-0.39, 0.29) is 6.61 Å². The number of aliphatic hydroxyl groups is 1. The van der Waals surface area contributed by atoms with Gasteiger partial charge in [-0.2, -0.15) is 0 Å². The Bertz CT molecular complexity index is 706. The van der Waals surface area contributed by atoms with Gasteiger partial charge in [0.2, 0.25) is 0 Å². The Hall–Kier alpha value is -1.91. The quantitative estimate of drug-likeness (QED) is 0.747. The molecule has 2 aromatic heterocycles. The molecule has 0 aliphatic heterocycles. The van der Waals surface area contributed by atoms with Crippen LogP contribution in [0.3, 0.4) is 0 Å². The van der Waals surface area contributed by atoms with Gasteiger partial charge in [-0.3, -0.25) is 0 Å². The first-order chi connectivity index (χ1) is 9.28. The number of nitrogens with zero attached hydrogens (tertiary/aromatic N) is 3. The third-order valence-electron chi connectivity index (χ3n) is 3.06. The highest BCUT2D eigenvalue weighted by Gasteiger charge is 2.07. The average molecular weight is 274 g/mol. The zero-order valence-electron chi connectivity index (χ0n) is 10.1. The second-order valence-electron chi connectivity index (χ2n) is 4.32. The molecule has 0 atom stereocenters. The van der Waals surface area contributed by atoms with Crippen LogP contribution in [-0.4, -0.2) is 19.6 Å². The minimum absolute atomic E-state index is 0.0619. The molecule has 0 saturated carbocycles. The second kappa shape index (κ2) is 4.99. The van der Waals surface area contributed by atoms with Crippen LogP contribution in [0, 0.1) is 0 Å². The molecule has 1 aromatic carbocycles. The predicted octanol–water partition coefficient (Wildman–Crippen LogP) is 2.63. The van der Waals surface area contributed by atoms with Gasteiger partial charge in [0.1, 0.15) is 11.8 Å². The first-order valence-corrected chi connectivity index (χ1v) is 6.30. The van der Waals surface area contributed by atoms with Crippen LogP contribution in [0.5, 0.6) is 0 Å². The molecule has 0 saturated heterocycles. The SMILES string of the molecule is OCc1ccc(Cn2ccc3ncnc(Cl)c32)cc1. The Morgan fingerprint density at radius 1 is 1.05 bits per heavy atom. The summed E-state index contributed by atoms with van der Waals surface area (Å²) in [5, 5.41) is 9.48. The summed E-state index contributed by atoms with van der Waals surface area (Å²) in [7, 11) is 0. The lowest BCUT2D eigenvalue weighted by molar-refractivity contribution is 0.282. The van der Waals surface area contributed by atoms with E-state index in [1.165, 1.54) is 6.33 Å². The maximum atomic E-state index is 9.02. The van der Waals surface area contributed by atoms with Gasteiger partial charge in [-0.05, 0) is 17.2 Å². The van der Waals surface area contributed by atoms with Crippen molar-refractivity contribution in [3.8, 4) is 0 Å². The summed E-state index contributed by atoms with van der Waals surface area (Å²) in [6.07, 6.45) is 3.41. The highest BCUT2D eigenvalue weighted by Crippen LogP contribution is 2.21. The van der Waals surface area contributed by atoms with Gasteiger partial charge in [-0.1, -0.05) is 35.9 Å². The van der Waals surface area contributed by atoms with Gasteiger partial charge in [0, 0.05) is 12.7 Å². The number of aliphatic hydroxyl groups excluding tert-OH is 1. The number of fused-ring (bicyclic) bond motifs is 1. The van der Waals surface area contributed by atoms with E-state index in [2.05, 4.69) is 9.97 Å². The standard InChI is InChI=1S/C14H12ClN3O/c15-14-13-12(16-9-17-14)5-6-18(13)7-10-1-3-11(8-19)4-2-10/h1-6,9,19H,7-8H2. The molecule has 0 spiro atoms.